The average molecular weight is 367 g/mol. The van der Waals surface area contributed by atoms with E-state index in [0.29, 0.717) is 0 Å². The Morgan fingerprint density at radius 2 is 1.78 bits per heavy atom. The SMILES string of the molecule is CN=C(NCCc1ccc2c(c1)CCO2)NCc1ccc(CN(C)C)cc1. The molecule has 144 valence electrons. The van der Waals surface area contributed by atoms with Gasteiger partial charge in [-0.2, -0.15) is 0 Å². The fourth-order valence-electron chi connectivity index (χ4n) is 3.25. The number of guanidine groups is 1. The molecule has 2 N–H and O–H groups in total. The minimum Gasteiger partial charge on any atom is -0.493 e. The Morgan fingerprint density at radius 3 is 2.52 bits per heavy atom. The van der Waals surface area contributed by atoms with Crippen LogP contribution in [0.15, 0.2) is 47.5 Å². The van der Waals surface area contributed by atoms with Gasteiger partial charge in [0.05, 0.1) is 6.61 Å². The molecule has 1 aliphatic rings. The summed E-state index contributed by atoms with van der Waals surface area (Å²) in [6.07, 6.45) is 1.99. The van der Waals surface area contributed by atoms with Gasteiger partial charge in [0.2, 0.25) is 0 Å². The minimum absolute atomic E-state index is 0.762. The van der Waals surface area contributed by atoms with E-state index in [0.717, 1.165) is 50.8 Å². The van der Waals surface area contributed by atoms with Crippen molar-refractivity contribution in [2.45, 2.75) is 25.9 Å². The number of aliphatic imine (C=N–C) groups is 1. The third-order valence-electron chi connectivity index (χ3n) is 4.67. The summed E-state index contributed by atoms with van der Waals surface area (Å²) < 4.78 is 5.57. The van der Waals surface area contributed by atoms with Crippen LogP contribution in [0.5, 0.6) is 5.75 Å². The van der Waals surface area contributed by atoms with Crippen molar-refractivity contribution in [3.05, 3.63) is 64.7 Å². The van der Waals surface area contributed by atoms with E-state index in [1.165, 1.54) is 22.3 Å². The second-order valence-electron chi connectivity index (χ2n) is 7.20. The number of hydrogen-bond acceptors (Lipinski definition) is 3. The lowest BCUT2D eigenvalue weighted by atomic mass is 10.1. The Balaban J connectivity index is 1.43. The van der Waals surface area contributed by atoms with E-state index in [4.69, 9.17) is 4.74 Å². The van der Waals surface area contributed by atoms with Crippen molar-refractivity contribution < 1.29 is 4.74 Å². The van der Waals surface area contributed by atoms with Gasteiger partial charge in [0, 0.05) is 33.1 Å². The molecule has 5 nitrogen and oxygen atoms in total. The molecule has 3 rings (SSSR count). The lowest BCUT2D eigenvalue weighted by Crippen LogP contribution is -2.37. The van der Waals surface area contributed by atoms with Crippen LogP contribution in [0.25, 0.3) is 0 Å². The molecule has 0 bridgehead atoms. The quantitative estimate of drug-likeness (QED) is 0.584. The molecule has 2 aromatic rings. The molecule has 0 aromatic heterocycles. The standard InChI is InChI=1S/C22H30N4O/c1-23-22(25-15-18-4-6-19(7-5-18)16-26(2)3)24-12-10-17-8-9-21-20(14-17)11-13-27-21/h4-9,14H,10-13,15-16H2,1-3H3,(H2,23,24,25). The van der Waals surface area contributed by atoms with E-state index >= 15 is 0 Å². The van der Waals surface area contributed by atoms with E-state index in [9.17, 15) is 0 Å². The van der Waals surface area contributed by atoms with Crippen LogP contribution in [0, 0.1) is 0 Å². The summed E-state index contributed by atoms with van der Waals surface area (Å²) in [5, 5.41) is 6.78. The number of nitrogens with one attached hydrogen (secondary N) is 2. The van der Waals surface area contributed by atoms with Gasteiger partial charge < -0.3 is 20.3 Å². The molecule has 0 saturated carbocycles. The highest BCUT2D eigenvalue weighted by Gasteiger charge is 2.11. The first-order valence-corrected chi connectivity index (χ1v) is 9.55. The zero-order chi connectivity index (χ0) is 19.1. The van der Waals surface area contributed by atoms with Gasteiger partial charge in [0.15, 0.2) is 5.96 Å². The lowest BCUT2D eigenvalue weighted by Gasteiger charge is -2.13. The summed E-state index contributed by atoms with van der Waals surface area (Å²) in [4.78, 5) is 6.49. The van der Waals surface area contributed by atoms with Gasteiger partial charge in [-0.3, -0.25) is 4.99 Å². The Kier molecular flexibility index (Phi) is 6.71. The van der Waals surface area contributed by atoms with E-state index in [1.54, 1.807) is 0 Å². The Hall–Kier alpha value is -2.53. The molecule has 0 aliphatic carbocycles. The molecule has 0 spiro atoms. The van der Waals surface area contributed by atoms with Gasteiger partial charge in [-0.05, 0) is 48.8 Å². The molecular formula is C22H30N4O. The molecule has 0 atom stereocenters. The number of fused-ring (bicyclic) bond motifs is 1. The van der Waals surface area contributed by atoms with Crippen molar-refractivity contribution in [1.29, 1.82) is 0 Å². The van der Waals surface area contributed by atoms with Crippen molar-refractivity contribution in [1.82, 2.24) is 15.5 Å². The number of hydrogen-bond donors (Lipinski definition) is 2. The molecule has 0 fully saturated rings. The minimum atomic E-state index is 0.762. The van der Waals surface area contributed by atoms with Gasteiger partial charge in [-0.25, -0.2) is 0 Å². The molecule has 0 unspecified atom stereocenters. The van der Waals surface area contributed by atoms with Crippen molar-refractivity contribution in [3.8, 4) is 5.75 Å². The fourth-order valence-corrected chi connectivity index (χ4v) is 3.25. The van der Waals surface area contributed by atoms with Crippen molar-refractivity contribution in [2.24, 2.45) is 4.99 Å². The second kappa shape index (κ2) is 9.42. The molecule has 2 aromatic carbocycles. The maximum Gasteiger partial charge on any atom is 0.191 e. The fraction of sp³-hybridized carbons (Fsp3) is 0.409. The van der Waals surface area contributed by atoms with Crippen LogP contribution in [0.2, 0.25) is 0 Å². The molecule has 1 aliphatic heterocycles. The molecule has 0 radical (unpaired) electrons. The van der Waals surface area contributed by atoms with Gasteiger partial charge >= 0.3 is 0 Å². The predicted octanol–water partition coefficient (Wildman–Crippen LogP) is 2.59. The number of nitrogens with zero attached hydrogens (tertiary/aromatic N) is 2. The highest BCUT2D eigenvalue weighted by atomic mass is 16.5. The maximum absolute atomic E-state index is 5.57. The van der Waals surface area contributed by atoms with Gasteiger partial charge in [0.1, 0.15) is 5.75 Å². The monoisotopic (exact) mass is 366 g/mol. The van der Waals surface area contributed by atoms with Gasteiger partial charge in [-0.15, -0.1) is 0 Å². The number of rotatable bonds is 7. The second-order valence-corrected chi connectivity index (χ2v) is 7.20. The largest absolute Gasteiger partial charge is 0.493 e. The topological polar surface area (TPSA) is 48.9 Å². The van der Waals surface area contributed by atoms with Gasteiger partial charge in [0.25, 0.3) is 0 Å². The molecular weight excluding hydrogens is 336 g/mol. The first kappa shape index (κ1) is 19.2. The van der Waals surface area contributed by atoms with Gasteiger partial charge in [-0.1, -0.05) is 36.4 Å². The van der Waals surface area contributed by atoms with Crippen LogP contribution < -0.4 is 15.4 Å². The first-order chi connectivity index (χ1) is 13.1. The van der Waals surface area contributed by atoms with Crippen LogP contribution in [0.4, 0.5) is 0 Å². The number of benzene rings is 2. The molecule has 0 amide bonds. The highest BCUT2D eigenvalue weighted by molar-refractivity contribution is 5.79. The van der Waals surface area contributed by atoms with Crippen molar-refractivity contribution >= 4 is 5.96 Å². The van der Waals surface area contributed by atoms with Crippen molar-refractivity contribution in [2.75, 3.05) is 34.3 Å². The van der Waals surface area contributed by atoms with Crippen LogP contribution in [0.1, 0.15) is 22.3 Å². The number of ether oxygens (including phenoxy) is 1. The molecule has 0 saturated heterocycles. The Bertz CT molecular complexity index is 768. The van der Waals surface area contributed by atoms with Crippen molar-refractivity contribution in [3.63, 3.8) is 0 Å². The summed E-state index contributed by atoms with van der Waals surface area (Å²) in [6, 6.07) is 15.2. The Morgan fingerprint density at radius 1 is 1.04 bits per heavy atom. The summed E-state index contributed by atoms with van der Waals surface area (Å²) in [7, 11) is 5.98. The first-order valence-electron chi connectivity index (χ1n) is 9.55. The van der Waals surface area contributed by atoms with Crippen LogP contribution >= 0.6 is 0 Å². The Labute approximate surface area is 162 Å². The highest BCUT2D eigenvalue weighted by Crippen LogP contribution is 2.25. The van der Waals surface area contributed by atoms with E-state index in [1.807, 2.05) is 7.05 Å². The van der Waals surface area contributed by atoms with Crippen LogP contribution in [-0.4, -0.2) is 45.2 Å². The van der Waals surface area contributed by atoms with Crippen LogP contribution in [0.3, 0.4) is 0 Å². The summed E-state index contributed by atoms with van der Waals surface area (Å²) in [6.45, 7) is 3.38. The van der Waals surface area contributed by atoms with E-state index in [-0.39, 0.29) is 0 Å². The zero-order valence-corrected chi connectivity index (χ0v) is 16.6. The van der Waals surface area contributed by atoms with E-state index in [2.05, 4.69) is 77.1 Å². The predicted molar refractivity (Wildman–Crippen MR) is 111 cm³/mol. The molecule has 5 heteroatoms. The summed E-state index contributed by atoms with van der Waals surface area (Å²) >= 11 is 0. The summed E-state index contributed by atoms with van der Waals surface area (Å²) in [5.74, 6) is 1.87. The average Bonchev–Trinajstić information content (AvgIpc) is 3.13. The lowest BCUT2D eigenvalue weighted by molar-refractivity contribution is 0.357. The zero-order valence-electron chi connectivity index (χ0n) is 16.6. The molecule has 27 heavy (non-hydrogen) atoms. The third-order valence-corrected chi connectivity index (χ3v) is 4.67. The third kappa shape index (κ3) is 5.73. The van der Waals surface area contributed by atoms with Crippen LogP contribution in [-0.2, 0) is 25.9 Å². The normalized spacial score (nSPS) is 13.4. The molecule has 1 heterocycles. The van der Waals surface area contributed by atoms with E-state index < -0.39 is 0 Å². The maximum atomic E-state index is 5.57. The smallest absolute Gasteiger partial charge is 0.191 e. The summed E-state index contributed by atoms with van der Waals surface area (Å²) in [5.41, 5.74) is 5.23.